The molecule has 0 spiro atoms. The molecule has 1 saturated heterocycles. The number of nitrogens with one attached hydrogen (secondary N) is 1. The van der Waals surface area contributed by atoms with Gasteiger partial charge in [0.1, 0.15) is 11.2 Å². The van der Waals surface area contributed by atoms with Gasteiger partial charge >= 0.3 is 5.69 Å². The summed E-state index contributed by atoms with van der Waals surface area (Å²) in [5.41, 5.74) is 0.988. The molecule has 0 bridgehead atoms. The molecule has 30 heavy (non-hydrogen) atoms. The summed E-state index contributed by atoms with van der Waals surface area (Å²) in [6.45, 7) is 1.55. The summed E-state index contributed by atoms with van der Waals surface area (Å²) >= 11 is 1.28. The van der Waals surface area contributed by atoms with Crippen molar-refractivity contribution in [1.29, 1.82) is 0 Å². The van der Waals surface area contributed by atoms with Crippen LogP contribution in [0.3, 0.4) is 0 Å². The number of hydrogen-bond acceptors (Lipinski definition) is 7. The fourth-order valence-corrected chi connectivity index (χ4v) is 4.61. The first-order valence-electron chi connectivity index (χ1n) is 9.77. The average Bonchev–Trinajstić information content (AvgIpc) is 3.40. The molecule has 0 radical (unpaired) electrons. The molecule has 9 nitrogen and oxygen atoms in total. The number of carbonyl (C=O) groups excluding carboxylic acids is 1. The van der Waals surface area contributed by atoms with E-state index in [-0.39, 0.29) is 23.7 Å². The minimum atomic E-state index is -0.552. The molecular formula is C20H24N6O3S. The molecule has 1 aliphatic heterocycles. The third kappa shape index (κ3) is 3.70. The zero-order valence-corrected chi connectivity index (χ0v) is 18.0. The van der Waals surface area contributed by atoms with Crippen LogP contribution in [0.4, 0.5) is 16.5 Å². The predicted molar refractivity (Wildman–Crippen MR) is 120 cm³/mol. The second-order valence-electron chi connectivity index (χ2n) is 7.57. The molecule has 0 unspecified atom stereocenters. The smallest absolute Gasteiger partial charge is 0.332 e. The summed E-state index contributed by atoms with van der Waals surface area (Å²) in [7, 11) is 5.30. The SMILES string of the molecule is CN(C)c1ccc(NC(=O)Cn2c(=O)n(C)c(=O)c3sc(N4CCCC4)nc32)cc1. The molecule has 10 heteroatoms. The molecule has 0 aliphatic carbocycles. The van der Waals surface area contributed by atoms with Gasteiger partial charge in [0.15, 0.2) is 10.8 Å². The summed E-state index contributed by atoms with van der Waals surface area (Å²) < 4.78 is 2.70. The van der Waals surface area contributed by atoms with Gasteiger partial charge in [-0.1, -0.05) is 11.3 Å². The van der Waals surface area contributed by atoms with Crippen molar-refractivity contribution >= 4 is 44.1 Å². The first kappa shape index (κ1) is 20.1. The number of rotatable bonds is 5. The summed E-state index contributed by atoms with van der Waals surface area (Å²) in [5, 5.41) is 3.53. The highest BCUT2D eigenvalue weighted by atomic mass is 32.1. The number of benzene rings is 1. The van der Waals surface area contributed by atoms with Gasteiger partial charge < -0.3 is 15.1 Å². The molecular weight excluding hydrogens is 404 g/mol. The van der Waals surface area contributed by atoms with Crippen molar-refractivity contribution in [2.75, 3.05) is 42.3 Å². The minimum Gasteiger partial charge on any atom is -0.378 e. The van der Waals surface area contributed by atoms with Crippen LogP contribution in [-0.4, -0.2) is 47.2 Å². The molecule has 1 fully saturated rings. The van der Waals surface area contributed by atoms with Crippen LogP contribution >= 0.6 is 11.3 Å². The Labute approximate surface area is 177 Å². The Morgan fingerprint density at radius 1 is 1.17 bits per heavy atom. The number of carbonyl (C=O) groups is 1. The van der Waals surface area contributed by atoms with Crippen molar-refractivity contribution in [2.45, 2.75) is 19.4 Å². The lowest BCUT2D eigenvalue weighted by atomic mass is 10.2. The highest BCUT2D eigenvalue weighted by Gasteiger charge is 2.22. The fourth-order valence-electron chi connectivity index (χ4n) is 3.51. The standard InChI is InChI=1S/C20H24N6O3S/c1-23(2)14-8-6-13(7-9-14)21-15(27)12-26-17-16(18(28)24(3)20(26)29)30-19(22-17)25-10-4-5-11-25/h6-9H,4-5,10-12H2,1-3H3,(H,21,27). The maximum absolute atomic E-state index is 12.7. The predicted octanol–water partition coefficient (Wildman–Crippen LogP) is 1.46. The van der Waals surface area contributed by atoms with Crippen LogP contribution in [0.25, 0.3) is 10.3 Å². The third-order valence-electron chi connectivity index (χ3n) is 5.22. The van der Waals surface area contributed by atoms with E-state index in [1.165, 1.54) is 23.0 Å². The van der Waals surface area contributed by atoms with Crippen LogP contribution in [0.15, 0.2) is 33.9 Å². The molecule has 3 heterocycles. The number of thiazole rings is 1. The van der Waals surface area contributed by atoms with Crippen LogP contribution in [0.5, 0.6) is 0 Å². The van der Waals surface area contributed by atoms with E-state index in [2.05, 4.69) is 15.2 Å². The number of hydrogen-bond donors (Lipinski definition) is 1. The van der Waals surface area contributed by atoms with Gasteiger partial charge in [0.05, 0.1) is 0 Å². The summed E-state index contributed by atoms with van der Waals surface area (Å²) in [4.78, 5) is 46.6. The van der Waals surface area contributed by atoms with Crippen molar-refractivity contribution in [2.24, 2.45) is 7.05 Å². The maximum Gasteiger partial charge on any atom is 0.332 e. The quantitative estimate of drug-likeness (QED) is 0.662. The molecule has 1 aromatic carbocycles. The molecule has 1 N–H and O–H groups in total. The van der Waals surface area contributed by atoms with Gasteiger partial charge in [-0.05, 0) is 37.1 Å². The van der Waals surface area contributed by atoms with Crippen molar-refractivity contribution in [3.8, 4) is 0 Å². The lowest BCUT2D eigenvalue weighted by Crippen LogP contribution is -2.39. The number of anilines is 3. The van der Waals surface area contributed by atoms with Gasteiger partial charge in [-0.15, -0.1) is 0 Å². The minimum absolute atomic E-state index is 0.220. The molecule has 158 valence electrons. The van der Waals surface area contributed by atoms with Crippen LogP contribution in [0.1, 0.15) is 12.8 Å². The Kier molecular flexibility index (Phi) is 5.33. The number of nitrogens with zero attached hydrogens (tertiary/aromatic N) is 5. The second-order valence-corrected chi connectivity index (χ2v) is 8.54. The van der Waals surface area contributed by atoms with Crippen LogP contribution < -0.4 is 26.4 Å². The zero-order valence-electron chi connectivity index (χ0n) is 17.2. The number of aromatic nitrogens is 3. The summed E-state index contributed by atoms with van der Waals surface area (Å²) in [6, 6.07) is 7.41. The highest BCUT2D eigenvalue weighted by molar-refractivity contribution is 7.22. The fraction of sp³-hybridized carbons (Fsp3) is 0.400. The van der Waals surface area contributed by atoms with Crippen molar-refractivity contribution in [1.82, 2.24) is 14.1 Å². The molecule has 1 aliphatic rings. The van der Waals surface area contributed by atoms with E-state index in [9.17, 15) is 14.4 Å². The Balaban J connectivity index is 1.64. The Hall–Kier alpha value is -3.14. The average molecular weight is 429 g/mol. The summed E-state index contributed by atoms with van der Waals surface area (Å²) in [5.74, 6) is -0.356. The largest absolute Gasteiger partial charge is 0.378 e. The van der Waals surface area contributed by atoms with Gasteiger partial charge in [0.25, 0.3) is 5.56 Å². The van der Waals surface area contributed by atoms with Crippen LogP contribution in [0, 0.1) is 0 Å². The maximum atomic E-state index is 12.7. The van der Waals surface area contributed by atoms with E-state index in [0.29, 0.717) is 10.4 Å². The molecule has 0 saturated carbocycles. The Bertz CT molecular complexity index is 1200. The first-order chi connectivity index (χ1) is 14.3. The van der Waals surface area contributed by atoms with Crippen LogP contribution in [-0.2, 0) is 18.4 Å². The lowest BCUT2D eigenvalue weighted by Gasteiger charge is -2.13. The monoisotopic (exact) mass is 428 g/mol. The van der Waals surface area contributed by atoms with E-state index in [1.54, 1.807) is 12.1 Å². The van der Waals surface area contributed by atoms with E-state index < -0.39 is 5.69 Å². The van der Waals surface area contributed by atoms with Crippen molar-refractivity contribution in [3.05, 3.63) is 45.1 Å². The Morgan fingerprint density at radius 3 is 2.47 bits per heavy atom. The zero-order chi connectivity index (χ0) is 21.4. The lowest BCUT2D eigenvalue weighted by molar-refractivity contribution is -0.116. The molecule has 1 amide bonds. The normalized spacial score (nSPS) is 13.8. The van der Waals surface area contributed by atoms with Gasteiger partial charge in [-0.3, -0.25) is 18.7 Å². The van der Waals surface area contributed by atoms with Gasteiger partial charge in [-0.25, -0.2) is 9.78 Å². The van der Waals surface area contributed by atoms with Crippen molar-refractivity contribution < 1.29 is 4.79 Å². The van der Waals surface area contributed by atoms with E-state index in [0.717, 1.165) is 41.3 Å². The van der Waals surface area contributed by atoms with Crippen LogP contribution in [0.2, 0.25) is 0 Å². The number of amides is 1. The topological polar surface area (TPSA) is 92.5 Å². The Morgan fingerprint density at radius 2 is 1.83 bits per heavy atom. The molecule has 3 aromatic rings. The van der Waals surface area contributed by atoms with Crippen molar-refractivity contribution in [3.63, 3.8) is 0 Å². The number of fused-ring (bicyclic) bond motifs is 1. The first-order valence-corrected chi connectivity index (χ1v) is 10.6. The van der Waals surface area contributed by atoms with E-state index in [1.807, 2.05) is 31.1 Å². The summed E-state index contributed by atoms with van der Waals surface area (Å²) in [6.07, 6.45) is 2.16. The second kappa shape index (κ2) is 7.94. The van der Waals surface area contributed by atoms with Gasteiger partial charge in [-0.2, -0.15) is 0 Å². The van der Waals surface area contributed by atoms with E-state index >= 15 is 0 Å². The molecule has 4 rings (SSSR count). The van der Waals surface area contributed by atoms with E-state index in [4.69, 9.17) is 0 Å². The molecule has 2 aromatic heterocycles. The highest BCUT2D eigenvalue weighted by Crippen LogP contribution is 2.28. The third-order valence-corrected chi connectivity index (χ3v) is 6.31. The van der Waals surface area contributed by atoms with Gasteiger partial charge in [0.2, 0.25) is 5.91 Å². The van der Waals surface area contributed by atoms with Gasteiger partial charge in [0, 0.05) is 45.6 Å². The molecule has 0 atom stereocenters.